The largest absolute Gasteiger partial charge is 0.380 e. The summed E-state index contributed by atoms with van der Waals surface area (Å²) in [6, 6.07) is 2.04. The molecule has 0 N–H and O–H groups in total. The Morgan fingerprint density at radius 2 is 2.20 bits per heavy atom. The van der Waals surface area contributed by atoms with Crippen molar-refractivity contribution in [3.63, 3.8) is 0 Å². The van der Waals surface area contributed by atoms with Gasteiger partial charge in [0.15, 0.2) is 5.65 Å². The summed E-state index contributed by atoms with van der Waals surface area (Å²) in [6.07, 6.45) is 4.11. The van der Waals surface area contributed by atoms with E-state index in [1.165, 1.54) is 0 Å². The number of hydrogen-bond acceptors (Lipinski definition) is 3. The van der Waals surface area contributed by atoms with Crippen LogP contribution in [0.15, 0.2) is 12.3 Å². The summed E-state index contributed by atoms with van der Waals surface area (Å²) >= 11 is 6.23. The Hall–Kier alpha value is -1.13. The number of alkyl halides is 1. The van der Waals surface area contributed by atoms with Crippen LogP contribution in [0.4, 0.5) is 0 Å². The molecule has 0 aromatic carbocycles. The van der Waals surface area contributed by atoms with Crippen LogP contribution < -0.4 is 0 Å². The number of ether oxygens (including phenoxy) is 1. The Morgan fingerprint density at radius 1 is 1.40 bits per heavy atom. The maximum atomic E-state index is 6.23. The van der Waals surface area contributed by atoms with Crippen molar-refractivity contribution in [2.24, 2.45) is 0 Å². The van der Waals surface area contributed by atoms with E-state index in [1.54, 1.807) is 0 Å². The highest BCUT2D eigenvalue weighted by molar-refractivity contribution is 6.20. The number of aromatic nitrogens is 3. The van der Waals surface area contributed by atoms with Crippen molar-refractivity contribution in [3.05, 3.63) is 23.7 Å². The first-order valence-corrected chi connectivity index (χ1v) is 7.61. The molecule has 20 heavy (non-hydrogen) atoms. The Kier molecular flexibility index (Phi) is 5.38. The number of hydrogen-bond donors (Lipinski definition) is 0. The molecule has 0 fully saturated rings. The highest BCUT2D eigenvalue weighted by Crippen LogP contribution is 2.23. The summed E-state index contributed by atoms with van der Waals surface area (Å²) < 4.78 is 7.70. The third-order valence-electron chi connectivity index (χ3n) is 3.21. The third-order valence-corrected chi connectivity index (χ3v) is 3.40. The van der Waals surface area contributed by atoms with Crippen LogP contribution in [0.5, 0.6) is 0 Å². The molecule has 2 aromatic rings. The van der Waals surface area contributed by atoms with Gasteiger partial charge in [0.05, 0.1) is 12.0 Å². The number of halogens is 1. The summed E-state index contributed by atoms with van der Waals surface area (Å²) in [4.78, 5) is 9.09. The zero-order valence-electron chi connectivity index (χ0n) is 12.4. The van der Waals surface area contributed by atoms with E-state index in [4.69, 9.17) is 16.3 Å². The lowest BCUT2D eigenvalue weighted by molar-refractivity contribution is 0.123. The summed E-state index contributed by atoms with van der Waals surface area (Å²) in [7, 11) is 0. The lowest BCUT2D eigenvalue weighted by Gasteiger charge is -2.10. The van der Waals surface area contributed by atoms with Crippen LogP contribution in [-0.4, -0.2) is 27.7 Å². The summed E-state index contributed by atoms with van der Waals surface area (Å²) in [6.45, 7) is 8.32. The third kappa shape index (κ3) is 3.49. The van der Waals surface area contributed by atoms with E-state index in [-0.39, 0.29) is 5.38 Å². The molecule has 0 aliphatic carbocycles. The first kappa shape index (κ1) is 15.3. The number of pyridine rings is 1. The van der Waals surface area contributed by atoms with Crippen LogP contribution in [0.25, 0.3) is 11.2 Å². The molecule has 1 unspecified atom stereocenters. The Bertz CT molecular complexity index is 565. The molecule has 0 amide bonds. The van der Waals surface area contributed by atoms with Crippen molar-refractivity contribution in [1.29, 1.82) is 0 Å². The van der Waals surface area contributed by atoms with Crippen molar-refractivity contribution in [2.45, 2.75) is 45.5 Å². The Morgan fingerprint density at radius 3 is 2.90 bits per heavy atom. The summed E-state index contributed by atoms with van der Waals surface area (Å²) in [5, 5.41) is -0.139. The van der Waals surface area contributed by atoms with Gasteiger partial charge in [-0.25, -0.2) is 9.97 Å². The molecule has 0 saturated heterocycles. The summed E-state index contributed by atoms with van der Waals surface area (Å²) in [5.74, 6) is 0.860. The number of rotatable bonds is 7. The van der Waals surface area contributed by atoms with Crippen LogP contribution in [-0.2, 0) is 11.3 Å². The van der Waals surface area contributed by atoms with Crippen LogP contribution in [0.2, 0.25) is 0 Å². The molecular weight excluding hydrogens is 274 g/mol. The highest BCUT2D eigenvalue weighted by atomic mass is 35.5. The van der Waals surface area contributed by atoms with E-state index in [9.17, 15) is 0 Å². The fourth-order valence-corrected chi connectivity index (χ4v) is 2.32. The molecule has 0 bridgehead atoms. The predicted molar refractivity (Wildman–Crippen MR) is 82.3 cm³/mol. The molecule has 0 spiro atoms. The first-order valence-electron chi connectivity index (χ1n) is 7.18. The van der Waals surface area contributed by atoms with Gasteiger partial charge in [-0.2, -0.15) is 0 Å². The van der Waals surface area contributed by atoms with Crippen molar-refractivity contribution in [1.82, 2.24) is 14.5 Å². The predicted octanol–water partition coefficient (Wildman–Crippen LogP) is 3.86. The van der Waals surface area contributed by atoms with Gasteiger partial charge in [0.2, 0.25) is 0 Å². The van der Waals surface area contributed by atoms with Gasteiger partial charge in [-0.15, -0.1) is 11.6 Å². The number of aryl methyl sites for hydroxylation is 1. The van der Waals surface area contributed by atoms with Gasteiger partial charge in [-0.3, -0.25) is 0 Å². The van der Waals surface area contributed by atoms with Gasteiger partial charge >= 0.3 is 0 Å². The number of fused-ring (bicyclic) bond motifs is 1. The van der Waals surface area contributed by atoms with Gasteiger partial charge in [-0.1, -0.05) is 13.3 Å². The molecule has 1 atom stereocenters. The number of unbranched alkanes of at least 4 members (excludes halogenated alkanes) is 1. The van der Waals surface area contributed by atoms with E-state index in [1.807, 2.05) is 26.1 Å². The van der Waals surface area contributed by atoms with Gasteiger partial charge in [0, 0.05) is 19.3 Å². The quantitative estimate of drug-likeness (QED) is 0.575. The second kappa shape index (κ2) is 7.04. The molecule has 110 valence electrons. The lowest BCUT2D eigenvalue weighted by Crippen LogP contribution is -2.11. The molecule has 2 aromatic heterocycles. The zero-order valence-corrected chi connectivity index (χ0v) is 13.2. The standard InChI is InChI=1S/C15H22ClN3O/c1-4-5-7-20-8-6-19-14(12(3)16)18-13-9-11(2)10-17-15(13)19/h9-10,12H,4-8H2,1-3H3. The zero-order chi connectivity index (χ0) is 14.5. The SMILES string of the molecule is CCCCOCCn1c(C(C)Cl)nc2cc(C)cnc21. The molecule has 2 heterocycles. The average Bonchev–Trinajstić information content (AvgIpc) is 2.76. The second-order valence-corrected chi connectivity index (χ2v) is 5.71. The first-order chi connectivity index (χ1) is 9.63. The van der Waals surface area contributed by atoms with Gasteiger partial charge in [0.25, 0.3) is 0 Å². The molecular formula is C15H22ClN3O. The van der Waals surface area contributed by atoms with Crippen LogP contribution >= 0.6 is 11.6 Å². The van der Waals surface area contributed by atoms with Gasteiger partial charge < -0.3 is 9.30 Å². The lowest BCUT2D eigenvalue weighted by atomic mass is 10.3. The molecule has 0 radical (unpaired) electrons. The maximum Gasteiger partial charge on any atom is 0.160 e. The summed E-state index contributed by atoms with van der Waals surface area (Å²) in [5.41, 5.74) is 2.90. The fraction of sp³-hybridized carbons (Fsp3) is 0.600. The van der Waals surface area contributed by atoms with E-state index >= 15 is 0 Å². The maximum absolute atomic E-state index is 6.23. The Labute approximate surface area is 125 Å². The van der Waals surface area contributed by atoms with Crippen molar-refractivity contribution < 1.29 is 4.74 Å². The number of nitrogens with zero attached hydrogens (tertiary/aromatic N) is 3. The molecule has 0 saturated carbocycles. The van der Waals surface area contributed by atoms with Gasteiger partial charge in [0.1, 0.15) is 11.3 Å². The monoisotopic (exact) mass is 295 g/mol. The van der Waals surface area contributed by atoms with Gasteiger partial charge in [-0.05, 0) is 31.9 Å². The molecule has 4 nitrogen and oxygen atoms in total. The van der Waals surface area contributed by atoms with Crippen molar-refractivity contribution >= 4 is 22.8 Å². The topological polar surface area (TPSA) is 39.9 Å². The smallest absolute Gasteiger partial charge is 0.160 e. The highest BCUT2D eigenvalue weighted by Gasteiger charge is 2.15. The number of imidazole rings is 1. The molecule has 2 rings (SSSR count). The van der Waals surface area contributed by atoms with Crippen LogP contribution in [0.1, 0.15) is 43.5 Å². The van der Waals surface area contributed by atoms with Crippen LogP contribution in [0.3, 0.4) is 0 Å². The minimum Gasteiger partial charge on any atom is -0.380 e. The minimum atomic E-state index is -0.139. The Balaban J connectivity index is 2.18. The van der Waals surface area contributed by atoms with E-state index in [2.05, 4.69) is 21.5 Å². The van der Waals surface area contributed by atoms with Crippen LogP contribution in [0, 0.1) is 6.92 Å². The fourth-order valence-electron chi connectivity index (χ4n) is 2.16. The van der Waals surface area contributed by atoms with E-state index < -0.39 is 0 Å². The second-order valence-electron chi connectivity index (χ2n) is 5.06. The van der Waals surface area contributed by atoms with Crippen molar-refractivity contribution in [2.75, 3.05) is 13.2 Å². The molecule has 0 aliphatic heterocycles. The van der Waals surface area contributed by atoms with E-state index in [0.29, 0.717) is 6.61 Å². The minimum absolute atomic E-state index is 0.139. The normalized spacial score (nSPS) is 13.0. The average molecular weight is 296 g/mol. The van der Waals surface area contributed by atoms with Crippen molar-refractivity contribution in [3.8, 4) is 0 Å². The van der Waals surface area contributed by atoms with E-state index in [0.717, 1.165) is 48.5 Å². The molecule has 0 aliphatic rings. The molecule has 5 heteroatoms.